The Hall–Kier alpha value is -1.51. The topological polar surface area (TPSA) is 58.6 Å². The molecule has 0 bridgehead atoms. The van der Waals surface area contributed by atoms with E-state index >= 15 is 0 Å². The highest BCUT2D eigenvalue weighted by Gasteiger charge is 2.29. The fourth-order valence-corrected chi connectivity index (χ4v) is 4.54. The van der Waals surface area contributed by atoms with E-state index in [1.807, 2.05) is 30.1 Å². The summed E-state index contributed by atoms with van der Waals surface area (Å²) in [6.45, 7) is 5.19. The molecule has 3 atom stereocenters. The Morgan fingerprint density at radius 3 is 2.90 bits per heavy atom. The van der Waals surface area contributed by atoms with Gasteiger partial charge in [0.1, 0.15) is 5.76 Å². The number of hydrogen-bond donors (Lipinski definition) is 1. The number of likely N-dealkylation sites (tertiary alicyclic amines) is 1. The molecule has 2 aliphatic rings. The molecule has 0 spiro atoms. The summed E-state index contributed by atoms with van der Waals surface area (Å²) < 4.78 is 7.37. The quantitative estimate of drug-likeness (QED) is 0.372. The minimum Gasteiger partial charge on any atom is -0.469 e. The van der Waals surface area contributed by atoms with Gasteiger partial charge in [-0.1, -0.05) is 19.8 Å². The number of guanidine groups is 1. The summed E-state index contributed by atoms with van der Waals surface area (Å²) >= 11 is 0. The fraction of sp³-hybridized carbons (Fsp3) is 0.636. The number of nitrogens with one attached hydrogen (secondary N) is 1. The van der Waals surface area contributed by atoms with Crippen LogP contribution in [0, 0.1) is 5.92 Å². The van der Waals surface area contributed by atoms with E-state index in [2.05, 4.69) is 28.4 Å². The lowest BCUT2D eigenvalue weighted by Crippen LogP contribution is -2.48. The average Bonchev–Trinajstić information content (AvgIpc) is 3.44. The van der Waals surface area contributed by atoms with E-state index in [1.165, 1.54) is 31.2 Å². The van der Waals surface area contributed by atoms with Gasteiger partial charge in [-0.2, -0.15) is 5.10 Å². The molecule has 1 saturated carbocycles. The maximum absolute atomic E-state index is 5.47. The van der Waals surface area contributed by atoms with Gasteiger partial charge in [0, 0.05) is 51.3 Å². The van der Waals surface area contributed by atoms with Crippen LogP contribution in [0.15, 0.2) is 40.2 Å². The molecular formula is C22H34IN5O. The lowest BCUT2D eigenvalue weighted by molar-refractivity contribution is 0.298. The van der Waals surface area contributed by atoms with Gasteiger partial charge in [0.15, 0.2) is 5.96 Å². The Morgan fingerprint density at radius 1 is 1.31 bits per heavy atom. The molecular weight excluding hydrogens is 477 g/mol. The highest BCUT2D eigenvalue weighted by atomic mass is 127. The van der Waals surface area contributed by atoms with Crippen LogP contribution in [0.5, 0.6) is 0 Å². The first-order valence-corrected chi connectivity index (χ1v) is 10.8. The monoisotopic (exact) mass is 511 g/mol. The van der Waals surface area contributed by atoms with Crippen LogP contribution in [-0.4, -0.2) is 46.3 Å². The number of aliphatic imine (C=N–C) groups is 1. The molecule has 0 amide bonds. The van der Waals surface area contributed by atoms with Crippen LogP contribution < -0.4 is 5.32 Å². The van der Waals surface area contributed by atoms with Crippen molar-refractivity contribution >= 4 is 29.9 Å². The highest BCUT2D eigenvalue weighted by Crippen LogP contribution is 2.28. The van der Waals surface area contributed by atoms with E-state index in [1.54, 1.807) is 6.26 Å². The molecule has 0 aromatic carbocycles. The largest absolute Gasteiger partial charge is 0.469 e. The third kappa shape index (κ3) is 5.77. The SMILES string of the molecule is CC1CCCCC1NC(=NCCc1ccco1)N1CCC(c2cnn(C)c2)C1.I. The van der Waals surface area contributed by atoms with Gasteiger partial charge >= 0.3 is 0 Å². The Balaban J connectivity index is 0.00000240. The lowest BCUT2D eigenvalue weighted by atomic mass is 9.86. The molecule has 29 heavy (non-hydrogen) atoms. The normalized spacial score (nSPS) is 25.1. The summed E-state index contributed by atoms with van der Waals surface area (Å²) in [6.07, 6.45) is 13.1. The Kier molecular flexibility index (Phi) is 8.03. The van der Waals surface area contributed by atoms with Crippen LogP contribution in [0.3, 0.4) is 0 Å². The third-order valence-electron chi connectivity index (χ3n) is 6.31. The van der Waals surface area contributed by atoms with Crippen molar-refractivity contribution in [3.63, 3.8) is 0 Å². The maximum Gasteiger partial charge on any atom is 0.194 e. The molecule has 3 heterocycles. The summed E-state index contributed by atoms with van der Waals surface area (Å²) in [5.41, 5.74) is 1.34. The van der Waals surface area contributed by atoms with E-state index in [-0.39, 0.29) is 24.0 Å². The number of furan rings is 1. The summed E-state index contributed by atoms with van der Waals surface area (Å²) in [6, 6.07) is 4.51. The molecule has 1 aliphatic carbocycles. The van der Waals surface area contributed by atoms with Gasteiger partial charge in [-0.3, -0.25) is 9.67 Å². The Labute approximate surface area is 191 Å². The molecule has 0 radical (unpaired) electrons. The van der Waals surface area contributed by atoms with Crippen molar-refractivity contribution in [1.29, 1.82) is 0 Å². The molecule has 2 aromatic heterocycles. The van der Waals surface area contributed by atoms with E-state index < -0.39 is 0 Å². The van der Waals surface area contributed by atoms with E-state index in [9.17, 15) is 0 Å². The van der Waals surface area contributed by atoms with Gasteiger partial charge in [-0.05, 0) is 42.9 Å². The molecule has 2 aromatic rings. The minimum absolute atomic E-state index is 0. The Morgan fingerprint density at radius 2 is 2.17 bits per heavy atom. The van der Waals surface area contributed by atoms with Crippen LogP contribution in [-0.2, 0) is 13.5 Å². The van der Waals surface area contributed by atoms with E-state index in [0.29, 0.717) is 17.9 Å². The third-order valence-corrected chi connectivity index (χ3v) is 6.31. The first-order chi connectivity index (χ1) is 13.7. The molecule has 6 nitrogen and oxygen atoms in total. The van der Waals surface area contributed by atoms with Crippen molar-refractivity contribution < 1.29 is 4.42 Å². The van der Waals surface area contributed by atoms with Crippen LogP contribution in [0.4, 0.5) is 0 Å². The molecule has 1 saturated heterocycles. The summed E-state index contributed by atoms with van der Waals surface area (Å²) in [5.74, 6) is 3.33. The zero-order chi connectivity index (χ0) is 19.3. The first-order valence-electron chi connectivity index (χ1n) is 10.8. The molecule has 2 fully saturated rings. The second-order valence-electron chi connectivity index (χ2n) is 8.43. The Bertz CT molecular complexity index is 772. The molecule has 1 aliphatic heterocycles. The first kappa shape index (κ1) is 22.2. The number of aryl methyl sites for hydroxylation is 1. The average molecular weight is 511 g/mol. The van der Waals surface area contributed by atoms with Crippen molar-refractivity contribution in [2.45, 2.75) is 57.4 Å². The number of hydrogen-bond acceptors (Lipinski definition) is 3. The van der Waals surface area contributed by atoms with E-state index in [0.717, 1.165) is 44.2 Å². The second kappa shape index (κ2) is 10.5. The van der Waals surface area contributed by atoms with Crippen molar-refractivity contribution in [1.82, 2.24) is 20.0 Å². The van der Waals surface area contributed by atoms with Gasteiger partial charge in [-0.15, -0.1) is 24.0 Å². The lowest BCUT2D eigenvalue weighted by Gasteiger charge is -2.33. The number of nitrogens with zero attached hydrogens (tertiary/aromatic N) is 4. The van der Waals surface area contributed by atoms with Crippen molar-refractivity contribution in [2.75, 3.05) is 19.6 Å². The molecule has 3 unspecified atom stereocenters. The minimum atomic E-state index is 0. The zero-order valence-electron chi connectivity index (χ0n) is 17.6. The number of halogens is 1. The van der Waals surface area contributed by atoms with Crippen LogP contribution >= 0.6 is 24.0 Å². The number of rotatable bonds is 5. The standard InChI is InChI=1S/C22H33N5O.HI/c1-17-6-3-4-8-21(17)25-22(23-11-9-20-7-5-13-28-20)27-12-10-18(16-27)19-14-24-26(2)15-19;/h5,7,13-15,17-18,21H,3-4,6,8-12,16H2,1-2H3,(H,23,25);1H. The predicted octanol–water partition coefficient (Wildman–Crippen LogP) is 4.19. The van der Waals surface area contributed by atoms with Crippen LogP contribution in [0.1, 0.15) is 56.3 Å². The maximum atomic E-state index is 5.47. The van der Waals surface area contributed by atoms with Crippen molar-refractivity contribution in [3.8, 4) is 0 Å². The van der Waals surface area contributed by atoms with Gasteiger partial charge in [-0.25, -0.2) is 0 Å². The smallest absolute Gasteiger partial charge is 0.194 e. The second-order valence-corrected chi connectivity index (χ2v) is 8.43. The summed E-state index contributed by atoms with van der Waals surface area (Å²) in [5, 5.41) is 8.18. The summed E-state index contributed by atoms with van der Waals surface area (Å²) in [7, 11) is 1.99. The van der Waals surface area contributed by atoms with Crippen molar-refractivity contribution in [3.05, 3.63) is 42.1 Å². The van der Waals surface area contributed by atoms with E-state index in [4.69, 9.17) is 9.41 Å². The van der Waals surface area contributed by atoms with Gasteiger partial charge in [0.25, 0.3) is 0 Å². The van der Waals surface area contributed by atoms with Gasteiger partial charge in [0.2, 0.25) is 0 Å². The van der Waals surface area contributed by atoms with Gasteiger partial charge < -0.3 is 14.6 Å². The fourth-order valence-electron chi connectivity index (χ4n) is 4.54. The molecule has 4 rings (SSSR count). The van der Waals surface area contributed by atoms with Crippen LogP contribution in [0.25, 0.3) is 0 Å². The summed E-state index contributed by atoms with van der Waals surface area (Å²) in [4.78, 5) is 7.44. The van der Waals surface area contributed by atoms with Crippen molar-refractivity contribution in [2.24, 2.45) is 18.0 Å². The van der Waals surface area contributed by atoms with Gasteiger partial charge in [0.05, 0.1) is 12.5 Å². The predicted molar refractivity (Wildman–Crippen MR) is 127 cm³/mol. The molecule has 160 valence electrons. The molecule has 7 heteroatoms. The zero-order valence-corrected chi connectivity index (χ0v) is 19.9. The number of aromatic nitrogens is 2. The van der Waals surface area contributed by atoms with Crippen LogP contribution in [0.2, 0.25) is 0 Å². The molecule has 1 N–H and O–H groups in total. The highest BCUT2D eigenvalue weighted by molar-refractivity contribution is 14.0.